The zero-order valence-corrected chi connectivity index (χ0v) is 24.1. The summed E-state index contributed by atoms with van der Waals surface area (Å²) >= 11 is 0. The summed E-state index contributed by atoms with van der Waals surface area (Å²) in [4.78, 5) is 23.4. The highest BCUT2D eigenvalue weighted by atomic mass is 16.4. The fourth-order valence-corrected chi connectivity index (χ4v) is 5.04. The molecular weight excluding hydrogens is 438 g/mol. The molecule has 5 heteroatoms. The maximum atomic E-state index is 11.7. The first-order valence-electron chi connectivity index (χ1n) is 14.9. The molecule has 0 saturated heterocycles. The van der Waals surface area contributed by atoms with Gasteiger partial charge in [0.1, 0.15) is 0 Å². The van der Waals surface area contributed by atoms with Gasteiger partial charge in [-0.2, -0.15) is 0 Å². The molecule has 0 aliphatic rings. The van der Waals surface area contributed by atoms with Gasteiger partial charge in [-0.25, -0.2) is 9.59 Å². The standard InChI is InChI=1S/C30H59NO4/c1-6-7-8-9-10-11-12-13-14-15-16-17-18-19-20-21-22-23-24-25-26-27(2)31(4,5)30(3,28(32)33)29(34)35/h27H,6-26H2,1-5H3,(H-,32,33,34,35)/p+1. The molecule has 0 rings (SSSR count). The largest absolute Gasteiger partial charge is 0.476 e. The van der Waals surface area contributed by atoms with E-state index in [1.165, 1.54) is 122 Å². The van der Waals surface area contributed by atoms with E-state index in [1.807, 2.05) is 6.92 Å². The maximum Gasteiger partial charge on any atom is 0.377 e. The van der Waals surface area contributed by atoms with Gasteiger partial charge in [-0.1, -0.05) is 129 Å². The Morgan fingerprint density at radius 2 is 0.857 bits per heavy atom. The van der Waals surface area contributed by atoms with Crippen molar-refractivity contribution in [2.45, 2.75) is 167 Å². The summed E-state index contributed by atoms with van der Waals surface area (Å²) in [6.45, 7) is 5.58. The van der Waals surface area contributed by atoms with Crippen molar-refractivity contribution in [1.82, 2.24) is 0 Å². The van der Waals surface area contributed by atoms with Gasteiger partial charge in [0.2, 0.25) is 0 Å². The molecule has 208 valence electrons. The normalized spacial score (nSPS) is 13.2. The molecule has 0 aromatic rings. The van der Waals surface area contributed by atoms with Gasteiger partial charge in [0.25, 0.3) is 5.54 Å². The quantitative estimate of drug-likeness (QED) is 0.0750. The smallest absolute Gasteiger partial charge is 0.377 e. The van der Waals surface area contributed by atoms with E-state index in [0.29, 0.717) is 0 Å². The Kier molecular flexibility index (Phi) is 19.4. The molecule has 0 radical (unpaired) electrons. The number of rotatable bonds is 25. The molecule has 0 aliphatic heterocycles. The van der Waals surface area contributed by atoms with Crippen molar-refractivity contribution in [3.8, 4) is 0 Å². The summed E-state index contributed by atoms with van der Waals surface area (Å²) in [5.74, 6) is -2.55. The zero-order valence-electron chi connectivity index (χ0n) is 24.1. The summed E-state index contributed by atoms with van der Waals surface area (Å²) in [6.07, 6.45) is 27.9. The number of unbranched alkanes of at least 4 members (excludes halogenated alkanes) is 19. The molecule has 1 atom stereocenters. The SMILES string of the molecule is CCCCCCCCCCCCCCCCCCCCCCC(C)[N+](C)(C)C(C)(C(=O)O)C(=O)O. The first-order valence-corrected chi connectivity index (χ1v) is 14.9. The number of carboxylic acids is 2. The molecule has 0 fully saturated rings. The van der Waals surface area contributed by atoms with Crippen LogP contribution in [-0.2, 0) is 9.59 Å². The number of likely N-dealkylation sites (N-methyl/N-ethyl adjacent to an activating group) is 1. The van der Waals surface area contributed by atoms with E-state index in [2.05, 4.69) is 6.92 Å². The fraction of sp³-hybridized carbons (Fsp3) is 0.933. The monoisotopic (exact) mass is 498 g/mol. The minimum atomic E-state index is -1.83. The van der Waals surface area contributed by atoms with E-state index >= 15 is 0 Å². The van der Waals surface area contributed by atoms with Gasteiger partial charge in [0.05, 0.1) is 20.1 Å². The topological polar surface area (TPSA) is 74.6 Å². The van der Waals surface area contributed by atoms with Gasteiger partial charge in [0, 0.05) is 6.92 Å². The van der Waals surface area contributed by atoms with Crippen LogP contribution >= 0.6 is 0 Å². The first kappa shape index (κ1) is 33.9. The van der Waals surface area contributed by atoms with Crippen LogP contribution in [0.15, 0.2) is 0 Å². The van der Waals surface area contributed by atoms with E-state index in [9.17, 15) is 19.8 Å². The minimum Gasteiger partial charge on any atom is -0.476 e. The van der Waals surface area contributed by atoms with Gasteiger partial charge in [-0.3, -0.25) is 0 Å². The average Bonchev–Trinajstić information content (AvgIpc) is 2.81. The van der Waals surface area contributed by atoms with Gasteiger partial charge in [0.15, 0.2) is 0 Å². The Morgan fingerprint density at radius 3 is 1.11 bits per heavy atom. The number of hydrogen-bond acceptors (Lipinski definition) is 2. The van der Waals surface area contributed by atoms with E-state index in [-0.39, 0.29) is 10.5 Å². The van der Waals surface area contributed by atoms with Crippen molar-refractivity contribution < 1.29 is 24.3 Å². The van der Waals surface area contributed by atoms with Crippen molar-refractivity contribution in [3.05, 3.63) is 0 Å². The second kappa shape index (κ2) is 20.0. The van der Waals surface area contributed by atoms with Gasteiger partial charge in [-0.15, -0.1) is 0 Å². The highest BCUT2D eigenvalue weighted by Gasteiger charge is 2.57. The van der Waals surface area contributed by atoms with Crippen LogP contribution in [0.25, 0.3) is 0 Å². The van der Waals surface area contributed by atoms with Crippen molar-refractivity contribution in [1.29, 1.82) is 0 Å². The van der Waals surface area contributed by atoms with Gasteiger partial charge >= 0.3 is 11.9 Å². The second-order valence-electron chi connectivity index (χ2n) is 11.6. The molecule has 35 heavy (non-hydrogen) atoms. The molecule has 0 heterocycles. The molecule has 0 saturated carbocycles. The molecule has 0 bridgehead atoms. The molecule has 2 N–H and O–H groups in total. The predicted molar refractivity (Wildman–Crippen MR) is 148 cm³/mol. The lowest BCUT2D eigenvalue weighted by molar-refractivity contribution is -0.942. The molecule has 5 nitrogen and oxygen atoms in total. The van der Waals surface area contributed by atoms with E-state index in [4.69, 9.17) is 0 Å². The Balaban J connectivity index is 3.59. The Morgan fingerprint density at radius 1 is 0.600 bits per heavy atom. The van der Waals surface area contributed by atoms with Crippen LogP contribution in [0.3, 0.4) is 0 Å². The highest BCUT2D eigenvalue weighted by molar-refractivity contribution is 6.01. The van der Waals surface area contributed by atoms with Crippen LogP contribution < -0.4 is 0 Å². The minimum absolute atomic E-state index is 0.0252. The lowest BCUT2D eigenvalue weighted by Crippen LogP contribution is -2.69. The lowest BCUT2D eigenvalue weighted by Gasteiger charge is -2.45. The summed E-state index contributed by atoms with van der Waals surface area (Å²) in [7, 11) is 3.45. The van der Waals surface area contributed by atoms with Crippen LogP contribution in [-0.4, -0.2) is 52.3 Å². The van der Waals surface area contributed by atoms with Crippen molar-refractivity contribution >= 4 is 11.9 Å². The number of aliphatic carboxylic acids is 2. The summed E-state index contributed by atoms with van der Waals surface area (Å²) in [6, 6.07) is -0.0252. The van der Waals surface area contributed by atoms with Crippen LogP contribution in [0.4, 0.5) is 0 Å². The van der Waals surface area contributed by atoms with Crippen LogP contribution in [0.5, 0.6) is 0 Å². The number of nitrogens with zero attached hydrogens (tertiary/aromatic N) is 1. The summed E-state index contributed by atoms with van der Waals surface area (Å²) in [5, 5.41) is 19.1. The van der Waals surface area contributed by atoms with Gasteiger partial charge < -0.3 is 14.7 Å². The lowest BCUT2D eigenvalue weighted by atomic mass is 9.93. The third-order valence-electron chi connectivity index (χ3n) is 8.56. The molecule has 0 spiro atoms. The Labute approximate surface area is 217 Å². The maximum absolute atomic E-state index is 11.7. The third kappa shape index (κ3) is 13.7. The summed E-state index contributed by atoms with van der Waals surface area (Å²) in [5.41, 5.74) is -1.83. The average molecular weight is 499 g/mol. The van der Waals surface area contributed by atoms with Crippen molar-refractivity contribution in [2.75, 3.05) is 14.1 Å². The second-order valence-corrected chi connectivity index (χ2v) is 11.6. The van der Waals surface area contributed by atoms with Crippen LogP contribution in [0.2, 0.25) is 0 Å². The van der Waals surface area contributed by atoms with Crippen molar-refractivity contribution in [3.63, 3.8) is 0 Å². The molecular formula is C30H60NO4+. The highest BCUT2D eigenvalue weighted by Crippen LogP contribution is 2.28. The van der Waals surface area contributed by atoms with E-state index < -0.39 is 17.5 Å². The molecule has 1 unspecified atom stereocenters. The van der Waals surface area contributed by atoms with E-state index in [0.717, 1.165) is 19.3 Å². The molecule has 0 aliphatic carbocycles. The fourth-order valence-electron chi connectivity index (χ4n) is 5.04. The van der Waals surface area contributed by atoms with Crippen LogP contribution in [0.1, 0.15) is 156 Å². The van der Waals surface area contributed by atoms with Crippen molar-refractivity contribution in [2.24, 2.45) is 0 Å². The zero-order chi connectivity index (χ0) is 26.6. The van der Waals surface area contributed by atoms with E-state index in [1.54, 1.807) is 14.1 Å². The Bertz CT molecular complexity index is 532. The summed E-state index contributed by atoms with van der Waals surface area (Å²) < 4.78 is -0.0448. The molecule has 0 aromatic carbocycles. The Hall–Kier alpha value is -1.10. The first-order chi connectivity index (χ1) is 16.6. The van der Waals surface area contributed by atoms with Crippen LogP contribution in [0, 0.1) is 0 Å². The molecule has 0 aromatic heterocycles. The number of quaternary nitrogens is 1. The number of carbonyl (C=O) groups is 2. The third-order valence-corrected chi connectivity index (χ3v) is 8.56. The number of carboxylic acid groups (broad SMARTS) is 2. The van der Waals surface area contributed by atoms with Gasteiger partial charge in [-0.05, 0) is 19.8 Å². The molecule has 0 amide bonds. The predicted octanol–water partition coefficient (Wildman–Crippen LogP) is 8.59. The number of hydrogen-bond donors (Lipinski definition) is 2.